The molecule has 0 saturated carbocycles. The van der Waals surface area contributed by atoms with Gasteiger partial charge < -0.3 is 15.0 Å². The molecule has 0 atom stereocenters. The van der Waals surface area contributed by atoms with Crippen LogP contribution >= 0.6 is 0 Å². The van der Waals surface area contributed by atoms with Crippen molar-refractivity contribution in [2.45, 2.75) is 26.3 Å². The second-order valence-corrected chi connectivity index (χ2v) is 5.16. The molecule has 0 spiro atoms. The average molecular weight is 272 g/mol. The SMILES string of the molecule is COc1ccc(Cn2cc(N)ccc2=O)cc1C(C)C. The third-order valence-electron chi connectivity index (χ3n) is 3.28. The van der Waals surface area contributed by atoms with E-state index in [-0.39, 0.29) is 5.56 Å². The molecule has 20 heavy (non-hydrogen) atoms. The standard InChI is InChI=1S/C16H20N2O2/c1-11(2)14-8-12(4-6-15(14)20-3)9-18-10-13(17)5-7-16(18)19/h4-8,10-11H,9,17H2,1-3H3. The van der Waals surface area contributed by atoms with Crippen molar-refractivity contribution in [2.24, 2.45) is 0 Å². The molecular formula is C16H20N2O2. The maximum atomic E-state index is 11.8. The Hall–Kier alpha value is -2.23. The molecule has 0 aliphatic carbocycles. The van der Waals surface area contributed by atoms with E-state index in [9.17, 15) is 4.79 Å². The Morgan fingerprint density at radius 3 is 2.65 bits per heavy atom. The number of rotatable bonds is 4. The number of hydrogen-bond donors (Lipinski definition) is 1. The van der Waals surface area contributed by atoms with E-state index in [1.807, 2.05) is 12.1 Å². The summed E-state index contributed by atoms with van der Waals surface area (Å²) in [6.45, 7) is 4.75. The van der Waals surface area contributed by atoms with Gasteiger partial charge in [-0.15, -0.1) is 0 Å². The number of ether oxygens (including phenoxy) is 1. The second kappa shape index (κ2) is 5.82. The zero-order chi connectivity index (χ0) is 14.7. The molecule has 1 aromatic carbocycles. The van der Waals surface area contributed by atoms with E-state index in [2.05, 4.69) is 19.9 Å². The number of methoxy groups -OCH3 is 1. The van der Waals surface area contributed by atoms with E-state index in [0.717, 1.165) is 16.9 Å². The lowest BCUT2D eigenvalue weighted by Crippen LogP contribution is -2.19. The van der Waals surface area contributed by atoms with Crippen molar-refractivity contribution in [3.63, 3.8) is 0 Å². The molecule has 0 bridgehead atoms. The third kappa shape index (κ3) is 3.02. The zero-order valence-corrected chi connectivity index (χ0v) is 12.1. The first-order chi connectivity index (χ1) is 9.51. The average Bonchev–Trinajstić information content (AvgIpc) is 2.42. The van der Waals surface area contributed by atoms with Crippen molar-refractivity contribution in [2.75, 3.05) is 12.8 Å². The van der Waals surface area contributed by atoms with Crippen LogP contribution in [0.3, 0.4) is 0 Å². The highest BCUT2D eigenvalue weighted by molar-refractivity contribution is 5.40. The van der Waals surface area contributed by atoms with Gasteiger partial charge in [-0.2, -0.15) is 0 Å². The summed E-state index contributed by atoms with van der Waals surface area (Å²) in [4.78, 5) is 11.8. The second-order valence-electron chi connectivity index (χ2n) is 5.16. The minimum Gasteiger partial charge on any atom is -0.496 e. The molecule has 2 N–H and O–H groups in total. The number of nitrogens with two attached hydrogens (primary N) is 1. The first-order valence-corrected chi connectivity index (χ1v) is 6.64. The minimum absolute atomic E-state index is 0.0545. The summed E-state index contributed by atoms with van der Waals surface area (Å²) in [5.74, 6) is 1.24. The van der Waals surface area contributed by atoms with Gasteiger partial charge >= 0.3 is 0 Å². The van der Waals surface area contributed by atoms with Crippen LogP contribution in [-0.4, -0.2) is 11.7 Å². The van der Waals surface area contributed by atoms with Gasteiger partial charge in [-0.05, 0) is 29.2 Å². The van der Waals surface area contributed by atoms with Crippen molar-refractivity contribution in [3.8, 4) is 5.75 Å². The summed E-state index contributed by atoms with van der Waals surface area (Å²) in [5, 5.41) is 0. The van der Waals surface area contributed by atoms with Crippen LogP contribution in [0.5, 0.6) is 5.75 Å². The molecule has 0 radical (unpaired) electrons. The fraction of sp³-hybridized carbons (Fsp3) is 0.312. The maximum absolute atomic E-state index is 11.8. The summed E-state index contributed by atoms with van der Waals surface area (Å²) in [6.07, 6.45) is 1.67. The lowest BCUT2D eigenvalue weighted by atomic mass is 9.99. The van der Waals surface area contributed by atoms with E-state index < -0.39 is 0 Å². The number of aromatic nitrogens is 1. The van der Waals surface area contributed by atoms with Gasteiger partial charge in [0, 0.05) is 18.0 Å². The number of nitrogen functional groups attached to an aromatic ring is 1. The Labute approximate surface area is 118 Å². The molecule has 0 saturated heterocycles. The van der Waals surface area contributed by atoms with Crippen LogP contribution in [0.1, 0.15) is 30.9 Å². The lowest BCUT2D eigenvalue weighted by Gasteiger charge is -2.14. The number of nitrogens with zero attached hydrogens (tertiary/aromatic N) is 1. The highest BCUT2D eigenvalue weighted by atomic mass is 16.5. The first kappa shape index (κ1) is 14.2. The molecule has 0 fully saturated rings. The Kier molecular flexibility index (Phi) is 4.13. The van der Waals surface area contributed by atoms with Crippen LogP contribution in [0.25, 0.3) is 0 Å². The summed E-state index contributed by atoms with van der Waals surface area (Å²) >= 11 is 0. The Morgan fingerprint density at radius 1 is 1.25 bits per heavy atom. The predicted molar refractivity (Wildman–Crippen MR) is 81.3 cm³/mol. The molecule has 0 unspecified atom stereocenters. The summed E-state index contributed by atoms with van der Waals surface area (Å²) in [6, 6.07) is 9.11. The highest BCUT2D eigenvalue weighted by Gasteiger charge is 2.09. The van der Waals surface area contributed by atoms with E-state index in [1.54, 1.807) is 23.9 Å². The number of pyridine rings is 1. The largest absolute Gasteiger partial charge is 0.496 e. The van der Waals surface area contributed by atoms with Crippen LogP contribution in [0.2, 0.25) is 0 Å². The molecule has 0 amide bonds. The molecule has 106 valence electrons. The summed E-state index contributed by atoms with van der Waals surface area (Å²) in [5.41, 5.74) is 8.45. The quantitative estimate of drug-likeness (QED) is 0.930. The molecule has 4 nitrogen and oxygen atoms in total. The first-order valence-electron chi connectivity index (χ1n) is 6.64. The number of benzene rings is 1. The summed E-state index contributed by atoms with van der Waals surface area (Å²) < 4.78 is 6.98. The van der Waals surface area contributed by atoms with Crippen LogP contribution in [-0.2, 0) is 6.54 Å². The van der Waals surface area contributed by atoms with Crippen molar-refractivity contribution < 1.29 is 4.74 Å². The smallest absolute Gasteiger partial charge is 0.250 e. The molecule has 2 aromatic rings. The topological polar surface area (TPSA) is 57.2 Å². The molecule has 1 heterocycles. The van der Waals surface area contributed by atoms with Crippen LogP contribution < -0.4 is 16.0 Å². The zero-order valence-electron chi connectivity index (χ0n) is 12.1. The molecule has 0 aliphatic heterocycles. The van der Waals surface area contributed by atoms with Crippen LogP contribution in [0.15, 0.2) is 41.3 Å². The maximum Gasteiger partial charge on any atom is 0.250 e. The normalized spacial score (nSPS) is 10.8. The van der Waals surface area contributed by atoms with Crippen LogP contribution in [0, 0.1) is 0 Å². The fourth-order valence-electron chi connectivity index (χ4n) is 2.20. The van der Waals surface area contributed by atoms with Gasteiger partial charge in [0.05, 0.1) is 13.7 Å². The van der Waals surface area contributed by atoms with Gasteiger partial charge in [0.2, 0.25) is 0 Å². The fourth-order valence-corrected chi connectivity index (χ4v) is 2.20. The molecule has 2 rings (SSSR count). The summed E-state index contributed by atoms with van der Waals surface area (Å²) in [7, 11) is 1.67. The molecule has 1 aromatic heterocycles. The predicted octanol–water partition coefficient (Wildman–Crippen LogP) is 2.61. The van der Waals surface area contributed by atoms with Gasteiger partial charge in [-0.25, -0.2) is 0 Å². The van der Waals surface area contributed by atoms with E-state index in [1.165, 1.54) is 6.07 Å². The van der Waals surface area contributed by atoms with Gasteiger partial charge in [0.25, 0.3) is 5.56 Å². The van der Waals surface area contributed by atoms with Gasteiger partial charge in [0.1, 0.15) is 5.75 Å². The molecular weight excluding hydrogens is 252 g/mol. The third-order valence-corrected chi connectivity index (χ3v) is 3.28. The Morgan fingerprint density at radius 2 is 2.00 bits per heavy atom. The van der Waals surface area contributed by atoms with Gasteiger partial charge in [-0.1, -0.05) is 26.0 Å². The Bertz CT molecular complexity index is 660. The van der Waals surface area contributed by atoms with Crippen LogP contribution in [0.4, 0.5) is 5.69 Å². The lowest BCUT2D eigenvalue weighted by molar-refractivity contribution is 0.407. The van der Waals surface area contributed by atoms with Gasteiger partial charge in [0.15, 0.2) is 0 Å². The molecule has 0 aliphatic rings. The van der Waals surface area contributed by atoms with Crippen molar-refractivity contribution >= 4 is 5.69 Å². The van der Waals surface area contributed by atoms with Crippen molar-refractivity contribution in [1.29, 1.82) is 0 Å². The Balaban J connectivity index is 2.37. The van der Waals surface area contributed by atoms with E-state index in [0.29, 0.717) is 18.2 Å². The van der Waals surface area contributed by atoms with Gasteiger partial charge in [-0.3, -0.25) is 4.79 Å². The van der Waals surface area contributed by atoms with Crippen molar-refractivity contribution in [1.82, 2.24) is 4.57 Å². The monoisotopic (exact) mass is 272 g/mol. The van der Waals surface area contributed by atoms with E-state index in [4.69, 9.17) is 10.5 Å². The highest BCUT2D eigenvalue weighted by Crippen LogP contribution is 2.27. The van der Waals surface area contributed by atoms with E-state index >= 15 is 0 Å². The minimum atomic E-state index is -0.0545. The molecule has 4 heteroatoms. The van der Waals surface area contributed by atoms with Crippen molar-refractivity contribution in [3.05, 3.63) is 58.0 Å². The number of anilines is 1. The number of hydrogen-bond acceptors (Lipinski definition) is 3.